The Hall–Kier alpha value is -1.39. The quantitative estimate of drug-likeness (QED) is 0.816. The van der Waals surface area contributed by atoms with Crippen LogP contribution in [-0.2, 0) is 5.60 Å². The zero-order chi connectivity index (χ0) is 12.8. The van der Waals surface area contributed by atoms with E-state index in [0.29, 0.717) is 29.6 Å². The average molecular weight is 249 g/mol. The van der Waals surface area contributed by atoms with E-state index in [4.69, 9.17) is 10.2 Å². The van der Waals surface area contributed by atoms with Gasteiger partial charge in [-0.15, -0.1) is 0 Å². The molecule has 0 radical (unpaired) electrons. The van der Waals surface area contributed by atoms with Gasteiger partial charge < -0.3 is 15.3 Å². The van der Waals surface area contributed by atoms with Crippen LogP contribution in [0.3, 0.4) is 0 Å². The van der Waals surface area contributed by atoms with Crippen molar-refractivity contribution in [1.29, 1.82) is 0 Å². The van der Waals surface area contributed by atoms with Crippen LogP contribution in [0.15, 0.2) is 28.7 Å². The molecular formula is C14H16FNO2. The van der Waals surface area contributed by atoms with E-state index < -0.39 is 5.60 Å². The molecule has 4 heteroatoms. The summed E-state index contributed by atoms with van der Waals surface area (Å²) in [6.07, 6.45) is 2.94. The van der Waals surface area contributed by atoms with E-state index in [0.717, 1.165) is 12.8 Å². The van der Waals surface area contributed by atoms with Crippen molar-refractivity contribution in [2.75, 3.05) is 0 Å². The molecule has 1 aromatic heterocycles. The SMILES string of the molecule is NC1CCCC(O)(c2cc3cc(F)ccc3o2)C1. The molecule has 0 aliphatic heterocycles. The van der Waals surface area contributed by atoms with E-state index in [1.165, 1.54) is 12.1 Å². The third kappa shape index (κ3) is 1.91. The molecule has 0 bridgehead atoms. The fraction of sp³-hybridized carbons (Fsp3) is 0.429. The van der Waals surface area contributed by atoms with E-state index in [-0.39, 0.29) is 11.9 Å². The molecule has 0 spiro atoms. The Kier molecular flexibility index (Phi) is 2.64. The van der Waals surface area contributed by atoms with Crippen molar-refractivity contribution in [3.8, 4) is 0 Å². The molecule has 3 N–H and O–H groups in total. The normalized spacial score (nSPS) is 28.7. The second-order valence-electron chi connectivity index (χ2n) is 5.18. The van der Waals surface area contributed by atoms with Crippen LogP contribution in [0.1, 0.15) is 31.4 Å². The standard InChI is InChI=1S/C14H16FNO2/c15-10-3-4-12-9(6-10)7-13(18-12)14(17)5-1-2-11(16)8-14/h3-4,6-7,11,17H,1-2,5,8,16H2. The smallest absolute Gasteiger partial charge is 0.136 e. The minimum absolute atomic E-state index is 0.00583. The molecule has 1 aromatic carbocycles. The van der Waals surface area contributed by atoms with Crippen molar-refractivity contribution in [3.05, 3.63) is 35.8 Å². The van der Waals surface area contributed by atoms with Gasteiger partial charge in [-0.2, -0.15) is 0 Å². The molecule has 1 heterocycles. The Morgan fingerprint density at radius 2 is 2.22 bits per heavy atom. The highest BCUT2D eigenvalue weighted by atomic mass is 19.1. The second kappa shape index (κ2) is 4.07. The highest BCUT2D eigenvalue weighted by Gasteiger charge is 2.37. The van der Waals surface area contributed by atoms with E-state index in [9.17, 15) is 9.50 Å². The number of aliphatic hydroxyl groups is 1. The lowest BCUT2D eigenvalue weighted by molar-refractivity contribution is -0.0246. The Balaban J connectivity index is 2.03. The van der Waals surface area contributed by atoms with Crippen LogP contribution in [0, 0.1) is 5.82 Å². The molecule has 3 rings (SSSR count). The summed E-state index contributed by atoms with van der Waals surface area (Å²) in [4.78, 5) is 0. The van der Waals surface area contributed by atoms with Gasteiger partial charge in [-0.05, 0) is 49.9 Å². The minimum Gasteiger partial charge on any atom is -0.458 e. The van der Waals surface area contributed by atoms with Gasteiger partial charge in [0.1, 0.15) is 22.8 Å². The van der Waals surface area contributed by atoms with Crippen molar-refractivity contribution in [1.82, 2.24) is 0 Å². The predicted octanol–water partition coefficient (Wildman–Crippen LogP) is 2.66. The second-order valence-corrected chi connectivity index (χ2v) is 5.18. The molecule has 1 saturated carbocycles. The predicted molar refractivity (Wildman–Crippen MR) is 66.5 cm³/mol. The molecule has 0 saturated heterocycles. The Morgan fingerprint density at radius 1 is 1.39 bits per heavy atom. The molecule has 1 fully saturated rings. The number of furan rings is 1. The summed E-state index contributed by atoms with van der Waals surface area (Å²) in [5.74, 6) is 0.195. The Labute approximate surface area is 104 Å². The van der Waals surface area contributed by atoms with E-state index in [1.807, 2.05) is 0 Å². The van der Waals surface area contributed by atoms with Crippen LogP contribution < -0.4 is 5.73 Å². The van der Waals surface area contributed by atoms with Gasteiger partial charge in [0.25, 0.3) is 0 Å². The van der Waals surface area contributed by atoms with Crippen molar-refractivity contribution in [2.24, 2.45) is 5.73 Å². The zero-order valence-electron chi connectivity index (χ0n) is 10.0. The lowest BCUT2D eigenvalue weighted by atomic mass is 9.80. The number of benzene rings is 1. The van der Waals surface area contributed by atoms with Crippen LogP contribution in [0.4, 0.5) is 4.39 Å². The largest absolute Gasteiger partial charge is 0.458 e. The highest BCUT2D eigenvalue weighted by Crippen LogP contribution is 2.39. The van der Waals surface area contributed by atoms with Gasteiger partial charge >= 0.3 is 0 Å². The van der Waals surface area contributed by atoms with Crippen LogP contribution in [0.25, 0.3) is 11.0 Å². The van der Waals surface area contributed by atoms with E-state index in [2.05, 4.69) is 0 Å². The van der Waals surface area contributed by atoms with Crippen molar-refractivity contribution in [3.63, 3.8) is 0 Å². The number of hydrogen-bond acceptors (Lipinski definition) is 3. The number of fused-ring (bicyclic) bond motifs is 1. The fourth-order valence-electron chi connectivity index (χ4n) is 2.76. The maximum Gasteiger partial charge on any atom is 0.136 e. The van der Waals surface area contributed by atoms with Crippen molar-refractivity contribution >= 4 is 11.0 Å². The van der Waals surface area contributed by atoms with Gasteiger partial charge in [-0.3, -0.25) is 0 Å². The first-order chi connectivity index (χ1) is 8.57. The van der Waals surface area contributed by atoms with Crippen LogP contribution in [-0.4, -0.2) is 11.1 Å². The molecule has 0 amide bonds. The van der Waals surface area contributed by atoms with Gasteiger partial charge in [0, 0.05) is 11.4 Å². The minimum atomic E-state index is -1.01. The first kappa shape index (κ1) is 11.7. The van der Waals surface area contributed by atoms with E-state index >= 15 is 0 Å². The van der Waals surface area contributed by atoms with Crippen LogP contribution in [0.5, 0.6) is 0 Å². The van der Waals surface area contributed by atoms with Gasteiger partial charge in [-0.25, -0.2) is 4.39 Å². The summed E-state index contributed by atoms with van der Waals surface area (Å²) >= 11 is 0. The summed E-state index contributed by atoms with van der Waals surface area (Å²) in [6, 6.07) is 6.06. The summed E-state index contributed by atoms with van der Waals surface area (Å²) < 4.78 is 18.8. The topological polar surface area (TPSA) is 59.4 Å². The van der Waals surface area contributed by atoms with E-state index in [1.54, 1.807) is 12.1 Å². The Bertz CT molecular complexity index is 580. The summed E-state index contributed by atoms with van der Waals surface area (Å²) in [7, 11) is 0. The molecule has 18 heavy (non-hydrogen) atoms. The molecule has 1 aliphatic rings. The molecule has 2 unspecified atom stereocenters. The summed E-state index contributed by atoms with van der Waals surface area (Å²) in [6.45, 7) is 0. The maximum atomic E-state index is 13.1. The lowest BCUT2D eigenvalue weighted by Gasteiger charge is -2.33. The van der Waals surface area contributed by atoms with Gasteiger partial charge in [-0.1, -0.05) is 0 Å². The third-order valence-electron chi connectivity index (χ3n) is 3.70. The van der Waals surface area contributed by atoms with Gasteiger partial charge in [0.15, 0.2) is 0 Å². The van der Waals surface area contributed by atoms with Crippen LogP contribution in [0.2, 0.25) is 0 Å². The lowest BCUT2D eigenvalue weighted by Crippen LogP contribution is -2.38. The number of rotatable bonds is 1. The first-order valence-electron chi connectivity index (χ1n) is 6.24. The van der Waals surface area contributed by atoms with Crippen molar-refractivity contribution < 1.29 is 13.9 Å². The molecule has 1 aliphatic carbocycles. The monoisotopic (exact) mass is 249 g/mol. The third-order valence-corrected chi connectivity index (χ3v) is 3.70. The number of nitrogens with two attached hydrogens (primary N) is 1. The molecule has 3 nitrogen and oxygen atoms in total. The first-order valence-corrected chi connectivity index (χ1v) is 6.24. The molecular weight excluding hydrogens is 233 g/mol. The van der Waals surface area contributed by atoms with Gasteiger partial charge in [0.2, 0.25) is 0 Å². The van der Waals surface area contributed by atoms with Gasteiger partial charge in [0.05, 0.1) is 0 Å². The summed E-state index contributed by atoms with van der Waals surface area (Å²) in [5, 5.41) is 11.3. The summed E-state index contributed by atoms with van der Waals surface area (Å²) in [5.41, 5.74) is 5.49. The molecule has 2 atom stereocenters. The van der Waals surface area contributed by atoms with Crippen molar-refractivity contribution in [2.45, 2.75) is 37.3 Å². The molecule has 2 aromatic rings. The fourth-order valence-corrected chi connectivity index (χ4v) is 2.76. The maximum absolute atomic E-state index is 13.1. The Morgan fingerprint density at radius 3 is 3.00 bits per heavy atom. The van der Waals surface area contributed by atoms with Crippen LogP contribution >= 0.6 is 0 Å². The number of halogens is 1. The average Bonchev–Trinajstić information content (AvgIpc) is 2.72. The highest BCUT2D eigenvalue weighted by molar-refractivity contribution is 5.78. The molecule has 96 valence electrons. The zero-order valence-corrected chi connectivity index (χ0v) is 10.0. The number of hydrogen-bond donors (Lipinski definition) is 2.